The van der Waals surface area contributed by atoms with E-state index in [1.165, 1.54) is 30.9 Å². The molecule has 1 saturated heterocycles. The normalized spacial score (nSPS) is 45.6. The Bertz CT molecular complexity index is 268. The molecule has 1 saturated carbocycles. The minimum Gasteiger partial charge on any atom is -0.362 e. The smallest absolute Gasteiger partial charge is 0.157 e. The van der Waals surface area contributed by atoms with Gasteiger partial charge in [-0.2, -0.15) is 0 Å². The van der Waals surface area contributed by atoms with Gasteiger partial charge < -0.3 is 5.32 Å². The van der Waals surface area contributed by atoms with Crippen molar-refractivity contribution in [1.82, 2.24) is 5.32 Å². The molecule has 4 atom stereocenters. The highest BCUT2D eigenvalue weighted by molar-refractivity contribution is 8.14. The summed E-state index contributed by atoms with van der Waals surface area (Å²) in [4.78, 5) is 4.97. The Hall–Kier alpha value is -0.180. The summed E-state index contributed by atoms with van der Waals surface area (Å²) < 4.78 is 0. The summed E-state index contributed by atoms with van der Waals surface area (Å²) in [5.74, 6) is 1.69. The maximum Gasteiger partial charge on any atom is 0.157 e. The van der Waals surface area contributed by atoms with Crippen LogP contribution in [-0.4, -0.2) is 22.5 Å². The van der Waals surface area contributed by atoms with Crippen molar-refractivity contribution in [3.05, 3.63) is 0 Å². The third-order valence-electron chi connectivity index (χ3n) is 3.82. The van der Waals surface area contributed by atoms with E-state index in [-0.39, 0.29) is 0 Å². The SMILES string of the molecule is CC1CC(C)CC(N=C2NC(C)CC(C)S2)C1. The summed E-state index contributed by atoms with van der Waals surface area (Å²) in [6.45, 7) is 9.31. The van der Waals surface area contributed by atoms with E-state index in [0.717, 1.165) is 11.8 Å². The lowest BCUT2D eigenvalue weighted by atomic mass is 9.81. The molecule has 0 bridgehead atoms. The van der Waals surface area contributed by atoms with E-state index in [1.54, 1.807) is 0 Å². The average molecular weight is 254 g/mol. The monoisotopic (exact) mass is 254 g/mol. The topological polar surface area (TPSA) is 24.4 Å². The first-order chi connectivity index (χ1) is 8.02. The fourth-order valence-electron chi connectivity index (χ4n) is 3.28. The first-order valence-corrected chi connectivity index (χ1v) is 7.92. The lowest BCUT2D eigenvalue weighted by molar-refractivity contribution is 0.270. The number of thioether (sulfide) groups is 1. The van der Waals surface area contributed by atoms with Gasteiger partial charge in [-0.05, 0) is 44.4 Å². The molecule has 0 aromatic carbocycles. The van der Waals surface area contributed by atoms with Crippen LogP contribution < -0.4 is 5.32 Å². The molecule has 4 unspecified atom stereocenters. The van der Waals surface area contributed by atoms with E-state index in [9.17, 15) is 0 Å². The van der Waals surface area contributed by atoms with Crippen LogP contribution in [0.4, 0.5) is 0 Å². The van der Waals surface area contributed by atoms with Gasteiger partial charge in [0.05, 0.1) is 6.04 Å². The zero-order valence-corrected chi connectivity index (χ0v) is 12.4. The van der Waals surface area contributed by atoms with Gasteiger partial charge in [0.2, 0.25) is 0 Å². The van der Waals surface area contributed by atoms with Crippen LogP contribution in [0.1, 0.15) is 53.4 Å². The fourth-order valence-corrected chi connectivity index (χ4v) is 4.53. The Morgan fingerprint density at radius 3 is 2.24 bits per heavy atom. The summed E-state index contributed by atoms with van der Waals surface area (Å²) in [6, 6.07) is 1.14. The van der Waals surface area contributed by atoms with Crippen molar-refractivity contribution < 1.29 is 0 Å². The molecule has 3 heteroatoms. The lowest BCUT2D eigenvalue weighted by Gasteiger charge is -2.32. The molecule has 2 fully saturated rings. The quantitative estimate of drug-likeness (QED) is 0.772. The van der Waals surface area contributed by atoms with Crippen molar-refractivity contribution in [3.8, 4) is 0 Å². The largest absolute Gasteiger partial charge is 0.362 e. The van der Waals surface area contributed by atoms with Gasteiger partial charge in [-0.15, -0.1) is 0 Å². The standard InChI is InChI=1S/C14H26N2S/c1-9-5-10(2)7-13(6-9)16-14-15-11(3)8-12(4)17-14/h9-13H,5-8H2,1-4H3,(H,15,16). The predicted molar refractivity (Wildman–Crippen MR) is 77.7 cm³/mol. The Morgan fingerprint density at radius 2 is 1.65 bits per heavy atom. The fraction of sp³-hybridized carbons (Fsp3) is 0.929. The van der Waals surface area contributed by atoms with Gasteiger partial charge in [0.25, 0.3) is 0 Å². The van der Waals surface area contributed by atoms with Crippen LogP contribution in [0.5, 0.6) is 0 Å². The number of hydrogen-bond donors (Lipinski definition) is 1. The minimum atomic E-state index is 0.557. The summed E-state index contributed by atoms with van der Waals surface area (Å²) in [5.41, 5.74) is 0. The zero-order valence-electron chi connectivity index (χ0n) is 11.6. The summed E-state index contributed by atoms with van der Waals surface area (Å²) in [6.07, 6.45) is 5.19. The van der Waals surface area contributed by atoms with Gasteiger partial charge in [-0.25, -0.2) is 0 Å². The van der Waals surface area contributed by atoms with Crippen molar-refractivity contribution in [3.63, 3.8) is 0 Å². The average Bonchev–Trinajstić information content (AvgIpc) is 2.13. The van der Waals surface area contributed by atoms with Crippen molar-refractivity contribution in [2.75, 3.05) is 0 Å². The van der Waals surface area contributed by atoms with Gasteiger partial charge in [-0.1, -0.05) is 32.5 Å². The number of amidine groups is 1. The number of aliphatic imine (C=N–C) groups is 1. The molecule has 17 heavy (non-hydrogen) atoms. The molecular formula is C14H26N2S. The molecule has 2 rings (SSSR count). The molecule has 1 aliphatic heterocycles. The van der Waals surface area contributed by atoms with Crippen LogP contribution in [-0.2, 0) is 0 Å². The number of nitrogens with one attached hydrogen (secondary N) is 1. The van der Waals surface area contributed by atoms with E-state index >= 15 is 0 Å². The minimum absolute atomic E-state index is 0.557. The number of nitrogens with zero attached hydrogens (tertiary/aromatic N) is 1. The van der Waals surface area contributed by atoms with E-state index in [2.05, 4.69) is 33.0 Å². The number of rotatable bonds is 1. The highest BCUT2D eigenvalue weighted by Gasteiger charge is 2.26. The molecule has 0 spiro atoms. The van der Waals surface area contributed by atoms with Crippen LogP contribution in [0, 0.1) is 11.8 Å². The van der Waals surface area contributed by atoms with Gasteiger partial charge in [0.15, 0.2) is 5.17 Å². The summed E-state index contributed by atoms with van der Waals surface area (Å²) in [5, 5.41) is 5.44. The van der Waals surface area contributed by atoms with Crippen molar-refractivity contribution in [2.45, 2.75) is 70.7 Å². The molecule has 0 aromatic rings. The Balaban J connectivity index is 1.97. The van der Waals surface area contributed by atoms with Crippen molar-refractivity contribution >= 4 is 16.9 Å². The van der Waals surface area contributed by atoms with E-state index < -0.39 is 0 Å². The first kappa shape index (κ1) is 13.3. The molecule has 0 amide bonds. The highest BCUT2D eigenvalue weighted by atomic mass is 32.2. The second-order valence-corrected chi connectivity index (χ2v) is 7.64. The van der Waals surface area contributed by atoms with Crippen LogP contribution in [0.15, 0.2) is 4.99 Å². The molecule has 0 aromatic heterocycles. The molecule has 0 radical (unpaired) electrons. The van der Waals surface area contributed by atoms with Gasteiger partial charge in [-0.3, -0.25) is 4.99 Å². The number of hydrogen-bond acceptors (Lipinski definition) is 2. The van der Waals surface area contributed by atoms with Crippen LogP contribution in [0.3, 0.4) is 0 Å². The van der Waals surface area contributed by atoms with E-state index in [0.29, 0.717) is 17.3 Å². The second-order valence-electron chi connectivity index (χ2n) is 6.22. The molecule has 1 aliphatic carbocycles. The second kappa shape index (κ2) is 5.64. The molecule has 2 nitrogen and oxygen atoms in total. The molecule has 2 aliphatic rings. The summed E-state index contributed by atoms with van der Waals surface area (Å²) in [7, 11) is 0. The predicted octanol–water partition coefficient (Wildman–Crippen LogP) is 3.67. The lowest BCUT2D eigenvalue weighted by Crippen LogP contribution is -2.39. The molecule has 1 heterocycles. The van der Waals surface area contributed by atoms with Gasteiger partial charge in [0.1, 0.15) is 0 Å². The Labute approximate surface area is 110 Å². The molecule has 1 N–H and O–H groups in total. The van der Waals surface area contributed by atoms with Crippen LogP contribution in [0.25, 0.3) is 0 Å². The van der Waals surface area contributed by atoms with Crippen LogP contribution in [0.2, 0.25) is 0 Å². The van der Waals surface area contributed by atoms with Crippen molar-refractivity contribution in [1.29, 1.82) is 0 Å². The third-order valence-corrected chi connectivity index (χ3v) is 4.86. The zero-order chi connectivity index (χ0) is 12.4. The Kier molecular flexibility index (Phi) is 4.40. The Morgan fingerprint density at radius 1 is 1.00 bits per heavy atom. The summed E-state index contributed by atoms with van der Waals surface area (Å²) >= 11 is 1.93. The van der Waals surface area contributed by atoms with E-state index in [1.807, 2.05) is 11.8 Å². The van der Waals surface area contributed by atoms with E-state index in [4.69, 9.17) is 4.99 Å². The van der Waals surface area contributed by atoms with Gasteiger partial charge in [0, 0.05) is 11.3 Å². The van der Waals surface area contributed by atoms with Crippen LogP contribution >= 0.6 is 11.8 Å². The maximum absolute atomic E-state index is 4.97. The highest BCUT2D eigenvalue weighted by Crippen LogP contribution is 2.31. The third kappa shape index (κ3) is 3.90. The maximum atomic E-state index is 4.97. The molecular weight excluding hydrogens is 228 g/mol. The molecule has 98 valence electrons. The first-order valence-electron chi connectivity index (χ1n) is 7.04. The van der Waals surface area contributed by atoms with Gasteiger partial charge >= 0.3 is 0 Å². The van der Waals surface area contributed by atoms with Crippen molar-refractivity contribution in [2.24, 2.45) is 16.8 Å².